The number of Topliss-reactive ketones (excluding diaryl/α,β-unsaturated/α-hetero) is 1. The van der Waals surface area contributed by atoms with Crippen LogP contribution in [0.1, 0.15) is 27.9 Å². The third-order valence-corrected chi connectivity index (χ3v) is 4.92. The molecule has 2 aromatic carbocycles. The van der Waals surface area contributed by atoms with Crippen LogP contribution in [-0.2, 0) is 13.0 Å². The van der Waals surface area contributed by atoms with Crippen LogP contribution in [0.2, 0.25) is 5.02 Å². The summed E-state index contributed by atoms with van der Waals surface area (Å²) in [7, 11) is 0. The molecule has 0 saturated heterocycles. The van der Waals surface area contributed by atoms with Gasteiger partial charge in [-0.1, -0.05) is 23.7 Å². The van der Waals surface area contributed by atoms with E-state index < -0.39 is 0 Å². The van der Waals surface area contributed by atoms with Crippen molar-refractivity contribution in [1.82, 2.24) is 9.55 Å². The van der Waals surface area contributed by atoms with Crippen LogP contribution in [-0.4, -0.2) is 21.9 Å². The highest BCUT2D eigenvalue weighted by Crippen LogP contribution is 2.29. The van der Waals surface area contributed by atoms with Gasteiger partial charge in [0.15, 0.2) is 5.78 Å². The van der Waals surface area contributed by atoms with Gasteiger partial charge < -0.3 is 9.30 Å². The molecule has 0 unspecified atom stereocenters. The summed E-state index contributed by atoms with van der Waals surface area (Å²) in [5, 5.41) is 0.693. The lowest BCUT2D eigenvalue weighted by Gasteiger charge is -2.19. The fraction of sp³-hybridized carbons (Fsp3) is 0.182. The topological polar surface area (TPSA) is 44.1 Å². The molecule has 27 heavy (non-hydrogen) atoms. The van der Waals surface area contributed by atoms with Gasteiger partial charge in [-0.2, -0.15) is 0 Å². The zero-order valence-corrected chi connectivity index (χ0v) is 15.5. The van der Waals surface area contributed by atoms with Crippen LogP contribution >= 0.6 is 11.6 Å². The fourth-order valence-electron chi connectivity index (χ4n) is 3.23. The Morgan fingerprint density at radius 2 is 2.00 bits per heavy atom. The second-order valence-electron chi connectivity index (χ2n) is 6.52. The summed E-state index contributed by atoms with van der Waals surface area (Å²) in [5.41, 5.74) is 3.64. The number of ether oxygens (including phenoxy) is 1. The largest absolute Gasteiger partial charge is 0.492 e. The van der Waals surface area contributed by atoms with E-state index in [0.717, 1.165) is 47.4 Å². The van der Waals surface area contributed by atoms with Gasteiger partial charge in [0.2, 0.25) is 0 Å². The molecule has 0 N–H and O–H groups in total. The summed E-state index contributed by atoms with van der Waals surface area (Å²) >= 11 is 5.93. The number of hydrogen-bond acceptors (Lipinski definition) is 3. The van der Waals surface area contributed by atoms with E-state index in [1.54, 1.807) is 12.5 Å². The summed E-state index contributed by atoms with van der Waals surface area (Å²) in [4.78, 5) is 16.8. The molecule has 4 nitrogen and oxygen atoms in total. The maximum atomic E-state index is 12.8. The maximum Gasteiger partial charge on any atom is 0.189 e. The van der Waals surface area contributed by atoms with E-state index in [0.29, 0.717) is 11.6 Å². The first-order valence-electron chi connectivity index (χ1n) is 8.91. The van der Waals surface area contributed by atoms with Crippen molar-refractivity contribution in [3.8, 4) is 5.75 Å². The summed E-state index contributed by atoms with van der Waals surface area (Å²) < 4.78 is 7.80. The van der Waals surface area contributed by atoms with E-state index in [9.17, 15) is 4.79 Å². The lowest BCUT2D eigenvalue weighted by Crippen LogP contribution is -2.14. The lowest BCUT2D eigenvalue weighted by atomic mass is 9.86. The first-order valence-corrected chi connectivity index (χ1v) is 9.29. The number of hydrogen-bond donors (Lipinski definition) is 0. The Kier molecular flexibility index (Phi) is 5.07. The summed E-state index contributed by atoms with van der Waals surface area (Å²) in [6.45, 7) is 1.30. The molecular formula is C22H19ClN2O2. The molecular weight excluding hydrogens is 360 g/mol. The summed E-state index contributed by atoms with van der Waals surface area (Å²) in [5.74, 6) is 0.892. The van der Waals surface area contributed by atoms with Gasteiger partial charge in [0.25, 0.3) is 0 Å². The third-order valence-electron chi connectivity index (χ3n) is 4.66. The van der Waals surface area contributed by atoms with Crippen LogP contribution in [0, 0.1) is 0 Å². The first kappa shape index (κ1) is 17.6. The van der Waals surface area contributed by atoms with Crippen molar-refractivity contribution in [2.75, 3.05) is 6.61 Å². The van der Waals surface area contributed by atoms with Gasteiger partial charge in [-0.3, -0.25) is 4.79 Å². The van der Waals surface area contributed by atoms with Gasteiger partial charge >= 0.3 is 0 Å². The number of aromatic nitrogens is 2. The van der Waals surface area contributed by atoms with E-state index in [1.807, 2.05) is 59.3 Å². The highest BCUT2D eigenvalue weighted by atomic mass is 35.5. The third kappa shape index (κ3) is 4.12. The Bertz CT molecular complexity index is 976. The number of nitrogens with zero attached hydrogens (tertiary/aromatic N) is 2. The molecule has 1 aliphatic rings. The molecule has 1 heterocycles. The lowest BCUT2D eigenvalue weighted by molar-refractivity contribution is 0.102. The van der Waals surface area contributed by atoms with Gasteiger partial charge in [0.1, 0.15) is 12.4 Å². The van der Waals surface area contributed by atoms with Crippen molar-refractivity contribution in [2.24, 2.45) is 0 Å². The Morgan fingerprint density at radius 3 is 2.78 bits per heavy atom. The van der Waals surface area contributed by atoms with Crippen molar-refractivity contribution in [2.45, 2.75) is 19.4 Å². The summed E-state index contributed by atoms with van der Waals surface area (Å²) in [6, 6.07) is 13.3. The van der Waals surface area contributed by atoms with Crippen molar-refractivity contribution in [3.05, 3.63) is 88.5 Å². The predicted octanol–water partition coefficient (Wildman–Crippen LogP) is 4.83. The molecule has 0 bridgehead atoms. The molecule has 5 heteroatoms. The monoisotopic (exact) mass is 378 g/mol. The molecule has 1 aliphatic carbocycles. The van der Waals surface area contributed by atoms with Crippen LogP contribution in [0.5, 0.6) is 5.75 Å². The number of carbonyl (C=O) groups is 1. The fourth-order valence-corrected chi connectivity index (χ4v) is 3.36. The van der Waals surface area contributed by atoms with Crippen LogP contribution in [0.3, 0.4) is 0 Å². The van der Waals surface area contributed by atoms with Gasteiger partial charge in [-0.05, 0) is 60.4 Å². The molecule has 0 spiro atoms. The van der Waals surface area contributed by atoms with Crippen LogP contribution in [0.15, 0.2) is 66.8 Å². The Morgan fingerprint density at radius 1 is 1.15 bits per heavy atom. The number of rotatable bonds is 5. The van der Waals surface area contributed by atoms with Crippen molar-refractivity contribution in [3.63, 3.8) is 0 Å². The number of halogens is 1. The average Bonchev–Trinajstić information content (AvgIpc) is 3.19. The number of fused-ring (bicyclic) bond motifs is 1. The van der Waals surface area contributed by atoms with E-state index in [-0.39, 0.29) is 5.78 Å². The highest BCUT2D eigenvalue weighted by Gasteiger charge is 2.22. The predicted molar refractivity (Wildman–Crippen MR) is 106 cm³/mol. The Hall–Kier alpha value is -2.85. The van der Waals surface area contributed by atoms with E-state index in [4.69, 9.17) is 16.3 Å². The van der Waals surface area contributed by atoms with E-state index in [2.05, 4.69) is 4.98 Å². The molecule has 4 rings (SSSR count). The molecule has 0 saturated carbocycles. The number of carbonyl (C=O) groups excluding carboxylic acids is 1. The standard InChI is InChI=1S/C22H19ClN2O2/c23-19-5-1-16(2-6-19)13-18-4-3-17-14-20(7-8-21(17)22(18)26)27-12-11-25-10-9-24-15-25/h1-2,5-10,13-15H,3-4,11-12H2. The minimum atomic E-state index is 0.0937. The first-order chi connectivity index (χ1) is 13.2. The van der Waals surface area contributed by atoms with Crippen molar-refractivity contribution < 1.29 is 9.53 Å². The second kappa shape index (κ2) is 7.80. The second-order valence-corrected chi connectivity index (χ2v) is 6.95. The number of allylic oxidation sites excluding steroid dienone is 1. The van der Waals surface area contributed by atoms with Gasteiger partial charge in [0, 0.05) is 28.6 Å². The van der Waals surface area contributed by atoms with Gasteiger partial charge in [-0.25, -0.2) is 4.98 Å². The number of ketones is 1. The maximum absolute atomic E-state index is 12.8. The minimum Gasteiger partial charge on any atom is -0.492 e. The highest BCUT2D eigenvalue weighted by molar-refractivity contribution is 6.30. The molecule has 0 radical (unpaired) electrons. The number of benzene rings is 2. The minimum absolute atomic E-state index is 0.0937. The number of aryl methyl sites for hydroxylation is 1. The zero-order valence-electron chi connectivity index (χ0n) is 14.8. The van der Waals surface area contributed by atoms with Crippen LogP contribution < -0.4 is 4.74 Å². The van der Waals surface area contributed by atoms with Crippen LogP contribution in [0.4, 0.5) is 0 Å². The molecule has 1 aromatic heterocycles. The van der Waals surface area contributed by atoms with Crippen LogP contribution in [0.25, 0.3) is 6.08 Å². The van der Waals surface area contributed by atoms with Crippen molar-refractivity contribution in [1.29, 1.82) is 0 Å². The SMILES string of the molecule is O=C1C(=Cc2ccc(Cl)cc2)CCc2cc(OCCn3ccnc3)ccc21. The number of imidazole rings is 1. The molecule has 0 atom stereocenters. The summed E-state index contributed by atoms with van der Waals surface area (Å²) in [6.07, 6.45) is 8.94. The average molecular weight is 379 g/mol. The molecule has 0 amide bonds. The van der Waals surface area contributed by atoms with Gasteiger partial charge in [0.05, 0.1) is 12.9 Å². The Balaban J connectivity index is 1.46. The van der Waals surface area contributed by atoms with E-state index in [1.165, 1.54) is 0 Å². The quantitative estimate of drug-likeness (QED) is 0.597. The molecule has 0 aliphatic heterocycles. The van der Waals surface area contributed by atoms with Gasteiger partial charge in [-0.15, -0.1) is 0 Å². The normalized spacial score (nSPS) is 15.0. The van der Waals surface area contributed by atoms with Crippen molar-refractivity contribution >= 4 is 23.5 Å². The zero-order chi connectivity index (χ0) is 18.6. The van der Waals surface area contributed by atoms with E-state index >= 15 is 0 Å². The molecule has 3 aromatic rings. The molecule has 0 fully saturated rings. The Labute approximate surface area is 163 Å². The smallest absolute Gasteiger partial charge is 0.189 e. The molecule has 136 valence electrons.